The maximum absolute atomic E-state index is 15.1. The van der Waals surface area contributed by atoms with E-state index in [2.05, 4.69) is 20.9 Å². The molecule has 0 spiro atoms. The predicted molar refractivity (Wildman–Crippen MR) is 102 cm³/mol. The summed E-state index contributed by atoms with van der Waals surface area (Å²) in [6.07, 6.45) is -0.723. The molecule has 4 rings (SSSR count). The van der Waals surface area contributed by atoms with Gasteiger partial charge < -0.3 is 9.32 Å². The number of hydrogen-bond donors (Lipinski definition) is 0. The van der Waals surface area contributed by atoms with E-state index in [-0.39, 0.29) is 5.91 Å². The highest BCUT2D eigenvalue weighted by atomic mass is 79.9. The highest BCUT2D eigenvalue weighted by molar-refractivity contribution is 9.10. The minimum absolute atomic E-state index is 0.297. The largest absolute Gasteiger partial charge is 0.435 e. The number of fused-ring (bicyclic) bond motifs is 2. The third-order valence-corrected chi connectivity index (χ3v) is 5.61. The number of hydrogen-bond acceptors (Lipinski definition) is 3. The van der Waals surface area contributed by atoms with E-state index >= 15 is 8.78 Å². The van der Waals surface area contributed by atoms with Gasteiger partial charge in [0.05, 0.1) is 11.1 Å². The van der Waals surface area contributed by atoms with Crippen LogP contribution >= 0.6 is 15.9 Å². The van der Waals surface area contributed by atoms with Gasteiger partial charge in [0.15, 0.2) is 5.58 Å². The van der Waals surface area contributed by atoms with Crippen molar-refractivity contribution in [1.29, 1.82) is 0 Å². The minimum Gasteiger partial charge on any atom is -0.435 e. The van der Waals surface area contributed by atoms with E-state index in [9.17, 15) is 4.79 Å². The van der Waals surface area contributed by atoms with Crippen molar-refractivity contribution in [2.24, 2.45) is 0 Å². The Bertz CT molecular complexity index is 1050. The molecule has 2 aromatic carbocycles. The fraction of sp³-hybridized carbons (Fsp3) is 0.300. The van der Waals surface area contributed by atoms with E-state index in [1.807, 2.05) is 13.0 Å². The summed E-state index contributed by atoms with van der Waals surface area (Å²) in [6, 6.07) is 10.2. The molecule has 2 heterocycles. The number of amides is 1. The molecule has 4 nitrogen and oxygen atoms in total. The van der Waals surface area contributed by atoms with Crippen molar-refractivity contribution in [2.45, 2.75) is 31.6 Å². The van der Waals surface area contributed by atoms with Crippen molar-refractivity contribution < 1.29 is 18.0 Å². The average molecular weight is 435 g/mol. The van der Waals surface area contributed by atoms with Gasteiger partial charge in [-0.25, -0.2) is 4.98 Å². The van der Waals surface area contributed by atoms with E-state index in [1.54, 1.807) is 44.3 Å². The summed E-state index contributed by atoms with van der Waals surface area (Å²) < 4.78 is 36.3. The normalized spacial score (nSPS) is 19.8. The van der Waals surface area contributed by atoms with Crippen molar-refractivity contribution in [1.82, 2.24) is 4.98 Å². The molecule has 0 N–H and O–H groups in total. The first kappa shape index (κ1) is 18.1. The molecule has 0 radical (unpaired) electrons. The molecule has 0 saturated heterocycles. The van der Waals surface area contributed by atoms with Gasteiger partial charge in [-0.15, -0.1) is 0 Å². The smallest absolute Gasteiger partial charge is 0.323 e. The summed E-state index contributed by atoms with van der Waals surface area (Å²) in [5.74, 6) is -4.43. The van der Waals surface area contributed by atoms with E-state index in [1.165, 1.54) is 4.90 Å². The molecule has 1 amide bonds. The first-order valence-electron chi connectivity index (χ1n) is 8.46. The van der Waals surface area contributed by atoms with Crippen molar-refractivity contribution in [2.75, 3.05) is 11.9 Å². The monoisotopic (exact) mass is 434 g/mol. The number of rotatable bonds is 3. The second-order valence-corrected chi connectivity index (χ2v) is 8.10. The Hall–Kier alpha value is -2.28. The molecule has 0 aliphatic carbocycles. The van der Waals surface area contributed by atoms with Crippen LogP contribution in [0.4, 0.5) is 14.5 Å². The molecule has 27 heavy (non-hydrogen) atoms. The summed E-state index contributed by atoms with van der Waals surface area (Å²) in [4.78, 5) is 18.4. The number of likely N-dealkylation sites (N-methyl/N-ethyl adjacent to an activating group) is 1. The zero-order valence-electron chi connectivity index (χ0n) is 15.0. The van der Waals surface area contributed by atoms with Crippen molar-refractivity contribution >= 4 is 38.6 Å². The number of anilines is 1. The molecule has 0 saturated carbocycles. The number of oxazole rings is 1. The third kappa shape index (κ3) is 2.67. The van der Waals surface area contributed by atoms with Crippen LogP contribution in [0.5, 0.6) is 0 Å². The van der Waals surface area contributed by atoms with E-state index in [0.717, 1.165) is 10.0 Å². The van der Waals surface area contributed by atoms with Gasteiger partial charge in [-0.1, -0.05) is 28.1 Å². The zero-order valence-corrected chi connectivity index (χ0v) is 16.6. The first-order chi connectivity index (χ1) is 12.6. The van der Waals surface area contributed by atoms with Crippen molar-refractivity contribution in [3.8, 4) is 0 Å². The van der Waals surface area contributed by atoms with Crippen LogP contribution in [0, 0.1) is 6.92 Å². The number of carbonyl (C=O) groups excluding carboxylic acids is 1. The lowest BCUT2D eigenvalue weighted by molar-refractivity contribution is -0.128. The highest BCUT2D eigenvalue weighted by Crippen LogP contribution is 2.51. The molecule has 1 atom stereocenters. The van der Waals surface area contributed by atoms with E-state index < -0.39 is 23.6 Å². The zero-order chi connectivity index (χ0) is 19.6. The molecule has 1 aliphatic rings. The Balaban J connectivity index is 1.80. The summed E-state index contributed by atoms with van der Waals surface area (Å²) in [5.41, 5.74) is 1.39. The van der Waals surface area contributed by atoms with Gasteiger partial charge in [-0.2, -0.15) is 8.78 Å². The Kier molecular flexibility index (Phi) is 3.93. The molecular weight excluding hydrogens is 418 g/mol. The van der Waals surface area contributed by atoms with Crippen LogP contribution in [-0.4, -0.2) is 17.9 Å². The van der Waals surface area contributed by atoms with Crippen LogP contribution in [0.15, 0.2) is 45.3 Å². The summed E-state index contributed by atoms with van der Waals surface area (Å²) in [7, 11) is 1.62. The van der Waals surface area contributed by atoms with Gasteiger partial charge in [0, 0.05) is 17.9 Å². The Morgan fingerprint density at radius 2 is 2.00 bits per heavy atom. The predicted octanol–water partition coefficient (Wildman–Crippen LogP) is 5.31. The van der Waals surface area contributed by atoms with Crippen molar-refractivity contribution in [3.05, 3.63) is 57.9 Å². The van der Waals surface area contributed by atoms with Gasteiger partial charge in [0.25, 0.3) is 5.89 Å². The van der Waals surface area contributed by atoms with Gasteiger partial charge in [-0.3, -0.25) is 4.79 Å². The SMILES string of the molecule is Cc1cc(Br)cc2c1N(C)C(=O)C2(C)CC(F)(F)c1nc2ccccc2o1. The van der Waals surface area contributed by atoms with E-state index in [4.69, 9.17) is 4.42 Å². The molecule has 1 unspecified atom stereocenters. The number of carbonyl (C=O) groups is 1. The van der Waals surface area contributed by atoms with Crippen molar-refractivity contribution in [3.63, 3.8) is 0 Å². The van der Waals surface area contributed by atoms with E-state index in [0.29, 0.717) is 22.4 Å². The maximum Gasteiger partial charge on any atom is 0.323 e. The lowest BCUT2D eigenvalue weighted by atomic mass is 9.78. The molecule has 7 heteroatoms. The maximum atomic E-state index is 15.1. The number of nitrogens with zero attached hydrogens (tertiary/aromatic N) is 2. The molecule has 1 aliphatic heterocycles. The van der Waals surface area contributed by atoms with Crippen LogP contribution in [-0.2, 0) is 16.1 Å². The summed E-state index contributed by atoms with van der Waals surface area (Å²) >= 11 is 3.41. The van der Waals surface area contributed by atoms with Crippen LogP contribution in [0.2, 0.25) is 0 Å². The fourth-order valence-corrected chi connectivity index (χ4v) is 4.48. The van der Waals surface area contributed by atoms with Gasteiger partial charge >= 0.3 is 5.92 Å². The number of halogens is 3. The lowest BCUT2D eigenvalue weighted by Gasteiger charge is -2.27. The second-order valence-electron chi connectivity index (χ2n) is 7.18. The van der Waals surface area contributed by atoms with Gasteiger partial charge in [0.1, 0.15) is 5.52 Å². The van der Waals surface area contributed by atoms with Gasteiger partial charge in [-0.05, 0) is 49.2 Å². The first-order valence-corrected chi connectivity index (χ1v) is 9.25. The standard InChI is InChI=1S/C20H17BrF2N2O2/c1-11-8-12(21)9-13-16(11)25(3)18(26)19(13,2)10-20(22,23)17-24-14-6-4-5-7-15(14)27-17/h4-9H,10H2,1-3H3. The number of aromatic nitrogens is 1. The molecule has 140 valence electrons. The average Bonchev–Trinajstić information content (AvgIpc) is 3.10. The molecule has 0 bridgehead atoms. The van der Waals surface area contributed by atoms with Gasteiger partial charge in [0.2, 0.25) is 5.91 Å². The second kappa shape index (κ2) is 5.86. The lowest BCUT2D eigenvalue weighted by Crippen LogP contribution is -2.40. The molecule has 0 fully saturated rings. The molecular formula is C20H17BrF2N2O2. The summed E-state index contributed by atoms with van der Waals surface area (Å²) in [5, 5.41) is 0. The molecule has 1 aromatic heterocycles. The van der Waals surface area contributed by atoms with Crippen LogP contribution in [0.3, 0.4) is 0 Å². The van der Waals surface area contributed by atoms with Crippen LogP contribution in [0.1, 0.15) is 30.4 Å². The topological polar surface area (TPSA) is 46.3 Å². The van der Waals surface area contributed by atoms with Crippen LogP contribution in [0.25, 0.3) is 11.1 Å². The molecule has 3 aromatic rings. The Labute approximate surface area is 163 Å². The van der Waals surface area contributed by atoms with Crippen LogP contribution < -0.4 is 4.90 Å². The fourth-order valence-electron chi connectivity index (χ4n) is 3.91. The number of para-hydroxylation sites is 2. The Morgan fingerprint density at radius 1 is 1.30 bits per heavy atom. The number of benzene rings is 2. The number of aryl methyl sites for hydroxylation is 1. The quantitative estimate of drug-likeness (QED) is 0.560. The summed E-state index contributed by atoms with van der Waals surface area (Å²) in [6.45, 7) is 3.41. The Morgan fingerprint density at radius 3 is 2.70 bits per heavy atom. The minimum atomic E-state index is -3.40. The highest BCUT2D eigenvalue weighted by Gasteiger charge is 2.54. The third-order valence-electron chi connectivity index (χ3n) is 5.15. The number of alkyl halides is 2.